The summed E-state index contributed by atoms with van der Waals surface area (Å²) in [7, 11) is 1.52. The molecule has 0 heterocycles. The van der Waals surface area contributed by atoms with Gasteiger partial charge in [0, 0.05) is 13.7 Å². The molecule has 0 saturated heterocycles. The van der Waals surface area contributed by atoms with Gasteiger partial charge in [0.25, 0.3) is 0 Å². The Morgan fingerprint density at radius 3 is 2.94 bits per heavy atom. The number of hydrogen-bond acceptors (Lipinski definition) is 2. The van der Waals surface area contributed by atoms with Crippen molar-refractivity contribution in [3.05, 3.63) is 35.4 Å². The average molecular weight is 221 g/mol. The van der Waals surface area contributed by atoms with E-state index in [1.165, 1.54) is 18.2 Å². The van der Waals surface area contributed by atoms with Gasteiger partial charge in [0.15, 0.2) is 0 Å². The van der Waals surface area contributed by atoms with E-state index in [1.54, 1.807) is 0 Å². The Morgan fingerprint density at radius 2 is 2.25 bits per heavy atom. The normalized spacial score (nSPS) is 10.1. The minimum Gasteiger partial charge on any atom is -0.375 e. The maximum absolute atomic E-state index is 11.1. The van der Waals surface area contributed by atoms with Crippen LogP contribution in [-0.4, -0.2) is 26.2 Å². The Kier molecular flexibility index (Phi) is 5.57. The van der Waals surface area contributed by atoms with Crippen molar-refractivity contribution in [3.8, 4) is 0 Å². The summed E-state index contributed by atoms with van der Waals surface area (Å²) >= 11 is 0. The number of hydrogen-bond donors (Lipinski definition) is 1. The summed E-state index contributed by atoms with van der Waals surface area (Å²) in [6.07, 6.45) is 1.95. The van der Waals surface area contributed by atoms with Crippen LogP contribution in [0.5, 0.6) is 0 Å². The average Bonchev–Trinajstić information content (AvgIpc) is 2.25. The number of carbonyl (C=O) groups is 1. The second-order valence-corrected chi connectivity index (χ2v) is 3.88. The molecule has 1 aromatic carbocycles. The van der Waals surface area contributed by atoms with Gasteiger partial charge in [0.1, 0.15) is 6.61 Å². The van der Waals surface area contributed by atoms with Crippen molar-refractivity contribution in [2.75, 3.05) is 20.3 Å². The zero-order valence-electron chi connectivity index (χ0n) is 9.95. The van der Waals surface area contributed by atoms with Gasteiger partial charge >= 0.3 is 0 Å². The first-order valence-electron chi connectivity index (χ1n) is 5.53. The van der Waals surface area contributed by atoms with E-state index in [2.05, 4.69) is 36.5 Å². The lowest BCUT2D eigenvalue weighted by Crippen LogP contribution is -2.28. The van der Waals surface area contributed by atoms with E-state index in [0.29, 0.717) is 6.54 Å². The zero-order valence-corrected chi connectivity index (χ0v) is 9.95. The van der Waals surface area contributed by atoms with Gasteiger partial charge < -0.3 is 10.1 Å². The third-order valence-corrected chi connectivity index (χ3v) is 2.32. The molecule has 1 aromatic rings. The van der Waals surface area contributed by atoms with Crippen molar-refractivity contribution in [1.82, 2.24) is 5.32 Å². The second kappa shape index (κ2) is 7.01. The van der Waals surface area contributed by atoms with Crippen molar-refractivity contribution in [3.63, 3.8) is 0 Å². The number of methoxy groups -OCH3 is 1. The van der Waals surface area contributed by atoms with Crippen LogP contribution < -0.4 is 5.32 Å². The molecule has 1 rings (SSSR count). The monoisotopic (exact) mass is 221 g/mol. The van der Waals surface area contributed by atoms with Crippen molar-refractivity contribution < 1.29 is 9.53 Å². The molecule has 1 N–H and O–H groups in total. The minimum absolute atomic E-state index is 0.0493. The van der Waals surface area contributed by atoms with E-state index in [9.17, 15) is 4.79 Å². The Hall–Kier alpha value is -1.35. The van der Waals surface area contributed by atoms with Crippen molar-refractivity contribution in [2.24, 2.45) is 0 Å². The molecular weight excluding hydrogens is 202 g/mol. The van der Waals surface area contributed by atoms with E-state index in [0.717, 1.165) is 12.8 Å². The predicted molar refractivity (Wildman–Crippen MR) is 64.4 cm³/mol. The third-order valence-electron chi connectivity index (χ3n) is 2.32. The highest BCUT2D eigenvalue weighted by molar-refractivity contribution is 5.77. The van der Waals surface area contributed by atoms with Crippen LogP contribution in [0.25, 0.3) is 0 Å². The van der Waals surface area contributed by atoms with Crippen LogP contribution in [0.2, 0.25) is 0 Å². The van der Waals surface area contributed by atoms with Gasteiger partial charge in [-0.25, -0.2) is 0 Å². The fourth-order valence-corrected chi connectivity index (χ4v) is 1.57. The fourth-order valence-electron chi connectivity index (χ4n) is 1.57. The predicted octanol–water partition coefficient (Wildman–Crippen LogP) is 1.69. The lowest BCUT2D eigenvalue weighted by molar-refractivity contribution is -0.124. The first-order chi connectivity index (χ1) is 7.72. The maximum atomic E-state index is 11.1. The van der Waals surface area contributed by atoms with Gasteiger partial charge in [-0.2, -0.15) is 0 Å². The smallest absolute Gasteiger partial charge is 0.245 e. The van der Waals surface area contributed by atoms with Gasteiger partial charge in [0.05, 0.1) is 0 Å². The molecule has 0 fully saturated rings. The third kappa shape index (κ3) is 4.94. The molecule has 0 radical (unpaired) electrons. The summed E-state index contributed by atoms with van der Waals surface area (Å²) in [5.41, 5.74) is 2.60. The van der Waals surface area contributed by atoms with Crippen LogP contribution in [0.3, 0.4) is 0 Å². The molecule has 0 spiro atoms. The Bertz CT molecular complexity index is 336. The molecule has 0 unspecified atom stereocenters. The molecule has 3 heteroatoms. The summed E-state index contributed by atoms with van der Waals surface area (Å²) in [6.45, 7) is 2.93. The molecule has 0 aliphatic carbocycles. The number of amides is 1. The van der Waals surface area contributed by atoms with E-state index < -0.39 is 0 Å². The number of aryl methyl sites for hydroxylation is 2. The van der Waals surface area contributed by atoms with Crippen LogP contribution in [0.1, 0.15) is 17.5 Å². The summed E-state index contributed by atoms with van der Waals surface area (Å²) in [5, 5.41) is 2.80. The molecule has 0 aliphatic heterocycles. The molecular formula is C13H19NO2. The quantitative estimate of drug-likeness (QED) is 0.742. The minimum atomic E-state index is -0.0493. The summed E-state index contributed by atoms with van der Waals surface area (Å²) < 4.78 is 4.72. The first-order valence-corrected chi connectivity index (χ1v) is 5.53. The summed E-state index contributed by atoms with van der Waals surface area (Å²) in [6, 6.07) is 8.44. The van der Waals surface area contributed by atoms with Crippen molar-refractivity contribution in [2.45, 2.75) is 19.8 Å². The highest BCUT2D eigenvalue weighted by Gasteiger charge is 1.98. The van der Waals surface area contributed by atoms with Crippen LogP contribution in [0.4, 0.5) is 0 Å². The van der Waals surface area contributed by atoms with Crippen molar-refractivity contribution in [1.29, 1.82) is 0 Å². The SMILES string of the molecule is COCC(=O)NCCCc1cccc(C)c1. The molecule has 0 aromatic heterocycles. The fraction of sp³-hybridized carbons (Fsp3) is 0.462. The number of benzene rings is 1. The standard InChI is InChI=1S/C13H19NO2/c1-11-5-3-6-12(9-11)7-4-8-14-13(15)10-16-2/h3,5-6,9H,4,7-8,10H2,1-2H3,(H,14,15). The van der Waals surface area contributed by atoms with Gasteiger partial charge in [-0.15, -0.1) is 0 Å². The molecule has 0 atom stereocenters. The van der Waals surface area contributed by atoms with Gasteiger partial charge in [-0.05, 0) is 25.3 Å². The second-order valence-electron chi connectivity index (χ2n) is 3.88. The maximum Gasteiger partial charge on any atom is 0.245 e. The van der Waals surface area contributed by atoms with Crippen molar-refractivity contribution >= 4 is 5.91 Å². The number of rotatable bonds is 6. The lowest BCUT2D eigenvalue weighted by Gasteiger charge is -2.05. The van der Waals surface area contributed by atoms with E-state index in [4.69, 9.17) is 4.74 Å². The zero-order chi connectivity index (χ0) is 11.8. The number of nitrogens with one attached hydrogen (secondary N) is 1. The van der Waals surface area contributed by atoms with Gasteiger partial charge in [-0.1, -0.05) is 29.8 Å². The summed E-state index contributed by atoms with van der Waals surface area (Å²) in [4.78, 5) is 11.1. The van der Waals surface area contributed by atoms with Crippen LogP contribution >= 0.6 is 0 Å². The first kappa shape index (κ1) is 12.7. The summed E-state index contributed by atoms with van der Waals surface area (Å²) in [5.74, 6) is -0.0493. The molecule has 16 heavy (non-hydrogen) atoms. The van der Waals surface area contributed by atoms with E-state index in [-0.39, 0.29) is 12.5 Å². The Balaban J connectivity index is 2.18. The molecule has 1 amide bonds. The van der Waals surface area contributed by atoms with Crippen LogP contribution in [-0.2, 0) is 16.0 Å². The van der Waals surface area contributed by atoms with Gasteiger partial charge in [-0.3, -0.25) is 4.79 Å². The number of ether oxygens (including phenoxy) is 1. The highest BCUT2D eigenvalue weighted by Crippen LogP contribution is 2.05. The van der Waals surface area contributed by atoms with Crippen LogP contribution in [0.15, 0.2) is 24.3 Å². The molecule has 3 nitrogen and oxygen atoms in total. The Morgan fingerprint density at radius 1 is 1.44 bits per heavy atom. The van der Waals surface area contributed by atoms with E-state index in [1.807, 2.05) is 0 Å². The molecule has 0 saturated carbocycles. The van der Waals surface area contributed by atoms with Crippen LogP contribution in [0, 0.1) is 6.92 Å². The molecule has 0 aliphatic rings. The highest BCUT2D eigenvalue weighted by atomic mass is 16.5. The molecule has 88 valence electrons. The lowest BCUT2D eigenvalue weighted by atomic mass is 10.1. The van der Waals surface area contributed by atoms with Gasteiger partial charge in [0.2, 0.25) is 5.91 Å². The topological polar surface area (TPSA) is 38.3 Å². The van der Waals surface area contributed by atoms with E-state index >= 15 is 0 Å². The Labute approximate surface area is 96.8 Å². The number of carbonyl (C=O) groups excluding carboxylic acids is 1. The molecule has 0 bridgehead atoms. The largest absolute Gasteiger partial charge is 0.375 e.